The number of carbonyl (C=O) groups is 1. The average Bonchev–Trinajstić information content (AvgIpc) is 3.18. The smallest absolute Gasteiger partial charge is 0.272 e. The highest BCUT2D eigenvalue weighted by Crippen LogP contribution is 2.36. The lowest BCUT2D eigenvalue weighted by molar-refractivity contribution is -0.0309. The van der Waals surface area contributed by atoms with Crippen LogP contribution in [0.25, 0.3) is 17.0 Å². The minimum atomic E-state index is -0.721. The first kappa shape index (κ1) is 15.7. The summed E-state index contributed by atoms with van der Waals surface area (Å²) in [5, 5.41) is 19.7. The molecule has 1 saturated carbocycles. The summed E-state index contributed by atoms with van der Waals surface area (Å²) < 4.78 is 1.64. The Morgan fingerprint density at radius 1 is 1.40 bits per heavy atom. The highest BCUT2D eigenvalue weighted by Gasteiger charge is 2.39. The Balaban J connectivity index is 1.58. The van der Waals surface area contributed by atoms with Gasteiger partial charge in [-0.1, -0.05) is 0 Å². The van der Waals surface area contributed by atoms with Crippen LogP contribution >= 0.6 is 0 Å². The summed E-state index contributed by atoms with van der Waals surface area (Å²) in [6.07, 6.45) is 7.96. The van der Waals surface area contributed by atoms with Crippen LogP contribution in [0.5, 0.6) is 0 Å². The number of aromatic nitrogens is 6. The maximum Gasteiger partial charge on any atom is 0.272 e. The van der Waals surface area contributed by atoms with E-state index in [2.05, 4.69) is 30.5 Å². The van der Waals surface area contributed by atoms with E-state index in [9.17, 15) is 9.90 Å². The lowest BCUT2D eigenvalue weighted by atomic mass is 9.71. The summed E-state index contributed by atoms with van der Waals surface area (Å²) in [6.45, 7) is 3.59. The van der Waals surface area contributed by atoms with Crippen molar-refractivity contribution in [1.82, 2.24) is 35.0 Å². The molecule has 0 unspecified atom stereocenters. The molecule has 3 heterocycles. The highest BCUT2D eigenvalue weighted by atomic mass is 16.3. The molecule has 9 nitrogen and oxygen atoms in total. The van der Waals surface area contributed by atoms with Crippen LogP contribution in [0.1, 0.15) is 37.2 Å². The van der Waals surface area contributed by atoms with Crippen molar-refractivity contribution in [2.75, 3.05) is 0 Å². The van der Waals surface area contributed by atoms with Crippen molar-refractivity contribution < 1.29 is 9.90 Å². The van der Waals surface area contributed by atoms with Gasteiger partial charge in [0.1, 0.15) is 17.4 Å². The van der Waals surface area contributed by atoms with Gasteiger partial charge in [0, 0.05) is 18.4 Å². The summed E-state index contributed by atoms with van der Waals surface area (Å²) in [5.74, 6) is 0.272. The van der Waals surface area contributed by atoms with Crippen molar-refractivity contribution in [3.8, 4) is 5.95 Å². The van der Waals surface area contributed by atoms with Crippen molar-refractivity contribution in [1.29, 1.82) is 0 Å². The molecule has 1 amide bonds. The number of amides is 1. The van der Waals surface area contributed by atoms with Crippen LogP contribution in [0.15, 0.2) is 24.9 Å². The third-order valence-corrected chi connectivity index (χ3v) is 4.71. The van der Waals surface area contributed by atoms with E-state index in [1.54, 1.807) is 43.3 Å². The van der Waals surface area contributed by atoms with Gasteiger partial charge in [0.15, 0.2) is 5.69 Å². The summed E-state index contributed by atoms with van der Waals surface area (Å²) in [6, 6.07) is 0.0357. The first-order chi connectivity index (χ1) is 11.9. The number of imidazole rings is 1. The van der Waals surface area contributed by atoms with E-state index >= 15 is 0 Å². The molecule has 4 rings (SSSR count). The predicted octanol–water partition coefficient (Wildman–Crippen LogP) is 0.818. The normalized spacial score (nSPS) is 20.4. The van der Waals surface area contributed by atoms with Gasteiger partial charge < -0.3 is 10.4 Å². The summed E-state index contributed by atoms with van der Waals surface area (Å²) in [5.41, 5.74) is 0.589. The molecule has 1 aliphatic rings. The van der Waals surface area contributed by atoms with Gasteiger partial charge in [0.25, 0.3) is 5.91 Å². The number of aromatic amines is 1. The van der Waals surface area contributed by atoms with E-state index in [-0.39, 0.29) is 23.6 Å². The van der Waals surface area contributed by atoms with E-state index in [0.717, 1.165) is 12.8 Å². The third-order valence-electron chi connectivity index (χ3n) is 4.71. The molecule has 0 radical (unpaired) electrons. The quantitative estimate of drug-likeness (QED) is 0.646. The Hall–Kier alpha value is -2.81. The number of nitrogens with zero attached hydrogens (tertiary/aromatic N) is 5. The molecule has 1 aliphatic carbocycles. The van der Waals surface area contributed by atoms with Gasteiger partial charge in [-0.05, 0) is 32.6 Å². The molecule has 3 aromatic heterocycles. The Morgan fingerprint density at radius 3 is 2.88 bits per heavy atom. The largest absolute Gasteiger partial charge is 0.390 e. The molecule has 0 aromatic carbocycles. The SMILES string of the molecule is CC(C)(O)C1CC(NC(=O)c2nc(-n3ccnc3)nc3cn[nH]c23)C1. The maximum atomic E-state index is 12.7. The molecular formula is C16H19N7O2. The number of hydrogen-bond acceptors (Lipinski definition) is 6. The molecule has 3 N–H and O–H groups in total. The molecule has 0 atom stereocenters. The van der Waals surface area contributed by atoms with Crippen LogP contribution < -0.4 is 5.32 Å². The van der Waals surface area contributed by atoms with E-state index in [4.69, 9.17) is 0 Å². The van der Waals surface area contributed by atoms with Crippen LogP contribution in [0, 0.1) is 5.92 Å². The Labute approximate surface area is 143 Å². The van der Waals surface area contributed by atoms with Gasteiger partial charge in [-0.25, -0.2) is 15.0 Å². The number of nitrogens with one attached hydrogen (secondary N) is 2. The Kier molecular flexibility index (Phi) is 3.53. The van der Waals surface area contributed by atoms with E-state index in [1.165, 1.54) is 0 Å². The summed E-state index contributed by atoms with van der Waals surface area (Å²) in [4.78, 5) is 25.4. The Morgan fingerprint density at radius 2 is 2.20 bits per heavy atom. The fraction of sp³-hybridized carbons (Fsp3) is 0.438. The zero-order chi connectivity index (χ0) is 17.6. The Bertz CT molecular complexity index is 904. The van der Waals surface area contributed by atoms with Crippen molar-refractivity contribution >= 4 is 16.9 Å². The number of H-pyrrole nitrogens is 1. The van der Waals surface area contributed by atoms with Gasteiger partial charge in [-0.2, -0.15) is 5.10 Å². The fourth-order valence-corrected chi connectivity index (χ4v) is 3.05. The van der Waals surface area contributed by atoms with Crippen molar-refractivity contribution in [3.63, 3.8) is 0 Å². The first-order valence-electron chi connectivity index (χ1n) is 8.14. The van der Waals surface area contributed by atoms with Crippen LogP contribution in [-0.4, -0.2) is 52.4 Å². The van der Waals surface area contributed by atoms with Gasteiger partial charge in [0.2, 0.25) is 5.95 Å². The number of rotatable bonds is 4. The van der Waals surface area contributed by atoms with Gasteiger partial charge in [0.05, 0.1) is 11.8 Å². The van der Waals surface area contributed by atoms with E-state index in [1.807, 2.05) is 0 Å². The number of fused-ring (bicyclic) bond motifs is 1. The number of carbonyl (C=O) groups excluding carboxylic acids is 1. The fourth-order valence-electron chi connectivity index (χ4n) is 3.05. The molecule has 3 aromatic rings. The average molecular weight is 341 g/mol. The zero-order valence-electron chi connectivity index (χ0n) is 14.0. The van der Waals surface area contributed by atoms with Crippen LogP contribution in [0.2, 0.25) is 0 Å². The molecule has 25 heavy (non-hydrogen) atoms. The number of hydrogen-bond donors (Lipinski definition) is 3. The van der Waals surface area contributed by atoms with Gasteiger partial charge >= 0.3 is 0 Å². The lowest BCUT2D eigenvalue weighted by Gasteiger charge is -2.42. The second kappa shape index (κ2) is 5.62. The molecule has 1 fully saturated rings. The molecule has 0 aliphatic heterocycles. The summed E-state index contributed by atoms with van der Waals surface area (Å²) >= 11 is 0. The zero-order valence-corrected chi connectivity index (χ0v) is 14.0. The standard InChI is InChI=1S/C16H19N7O2/c1-16(2,25)9-5-10(6-9)19-14(24)13-12-11(7-18-22-12)20-15(21-13)23-4-3-17-8-23/h3-4,7-10,25H,5-6H2,1-2H3,(H,18,22)(H,19,24). The van der Waals surface area contributed by atoms with Crippen molar-refractivity contribution in [2.24, 2.45) is 5.92 Å². The maximum absolute atomic E-state index is 12.7. The molecule has 0 bridgehead atoms. The molecule has 9 heteroatoms. The first-order valence-corrected chi connectivity index (χ1v) is 8.14. The molecule has 130 valence electrons. The second-order valence-corrected chi connectivity index (χ2v) is 6.96. The summed E-state index contributed by atoms with van der Waals surface area (Å²) in [7, 11) is 0. The predicted molar refractivity (Wildman–Crippen MR) is 89.1 cm³/mol. The topological polar surface area (TPSA) is 122 Å². The van der Waals surface area contributed by atoms with Crippen LogP contribution in [-0.2, 0) is 0 Å². The highest BCUT2D eigenvalue weighted by molar-refractivity contribution is 6.03. The van der Waals surface area contributed by atoms with E-state index < -0.39 is 5.60 Å². The minimum Gasteiger partial charge on any atom is -0.390 e. The molecular weight excluding hydrogens is 322 g/mol. The molecule has 0 spiro atoms. The second-order valence-electron chi connectivity index (χ2n) is 6.96. The molecule has 0 saturated heterocycles. The van der Waals surface area contributed by atoms with E-state index in [0.29, 0.717) is 17.0 Å². The van der Waals surface area contributed by atoms with Gasteiger partial charge in [-0.15, -0.1) is 0 Å². The van der Waals surface area contributed by atoms with Crippen LogP contribution in [0.3, 0.4) is 0 Å². The lowest BCUT2D eigenvalue weighted by Crippen LogP contribution is -2.51. The van der Waals surface area contributed by atoms with Crippen molar-refractivity contribution in [3.05, 3.63) is 30.6 Å². The van der Waals surface area contributed by atoms with Gasteiger partial charge in [-0.3, -0.25) is 14.5 Å². The third kappa shape index (κ3) is 2.86. The minimum absolute atomic E-state index is 0.0357. The number of aliphatic hydroxyl groups is 1. The monoisotopic (exact) mass is 341 g/mol. The van der Waals surface area contributed by atoms with Crippen molar-refractivity contribution in [2.45, 2.75) is 38.3 Å². The van der Waals surface area contributed by atoms with Crippen LogP contribution in [0.4, 0.5) is 0 Å².